The normalized spacial score (nSPS) is 18.0. The number of carbonyl (C=O) groups is 2. The second-order valence-corrected chi connectivity index (χ2v) is 6.37. The molecule has 1 aromatic carbocycles. The third-order valence-electron chi connectivity index (χ3n) is 4.40. The molecule has 0 spiro atoms. The molecule has 24 heavy (non-hydrogen) atoms. The minimum Gasteiger partial charge on any atom is -0.482 e. The van der Waals surface area contributed by atoms with E-state index in [0.717, 1.165) is 19.6 Å². The number of rotatable bonds is 5. The number of hydrogen-bond acceptors (Lipinski definition) is 4. The number of alkyl halides is 1. The van der Waals surface area contributed by atoms with E-state index in [4.69, 9.17) is 16.3 Å². The lowest BCUT2D eigenvalue weighted by Gasteiger charge is -2.33. The standard InChI is InChI=1S/C17H22ClN3O3/c18-11-16(22)19-13-4-5-15-14(10-13)21(17(23)12-24-15)9-8-20-6-2-1-3-7-20/h4-5,10H,1-3,6-9,11-12H2,(H,19,22). The number of benzene rings is 1. The summed E-state index contributed by atoms with van der Waals surface area (Å²) in [5.41, 5.74) is 1.32. The van der Waals surface area contributed by atoms with Crippen molar-refractivity contribution in [1.82, 2.24) is 4.90 Å². The van der Waals surface area contributed by atoms with Crippen molar-refractivity contribution in [2.75, 3.05) is 48.9 Å². The zero-order valence-electron chi connectivity index (χ0n) is 13.6. The fourth-order valence-corrected chi connectivity index (χ4v) is 3.21. The Bertz CT molecular complexity index is 617. The van der Waals surface area contributed by atoms with E-state index in [1.54, 1.807) is 23.1 Å². The van der Waals surface area contributed by atoms with Crippen molar-refractivity contribution in [3.05, 3.63) is 18.2 Å². The van der Waals surface area contributed by atoms with Gasteiger partial charge in [-0.1, -0.05) is 6.42 Å². The van der Waals surface area contributed by atoms with Gasteiger partial charge in [0.2, 0.25) is 5.91 Å². The SMILES string of the molecule is O=C(CCl)Nc1ccc2c(c1)N(CCN1CCCCC1)C(=O)CO2. The van der Waals surface area contributed by atoms with Gasteiger partial charge in [0, 0.05) is 18.8 Å². The largest absolute Gasteiger partial charge is 0.482 e. The van der Waals surface area contributed by atoms with E-state index in [0.29, 0.717) is 23.7 Å². The monoisotopic (exact) mass is 351 g/mol. The number of carbonyl (C=O) groups excluding carboxylic acids is 2. The van der Waals surface area contributed by atoms with Gasteiger partial charge in [-0.05, 0) is 44.1 Å². The van der Waals surface area contributed by atoms with Gasteiger partial charge in [0.25, 0.3) is 5.91 Å². The average molecular weight is 352 g/mol. The van der Waals surface area contributed by atoms with Crippen LogP contribution in [-0.2, 0) is 9.59 Å². The molecule has 3 rings (SSSR count). The van der Waals surface area contributed by atoms with E-state index in [2.05, 4.69) is 10.2 Å². The molecule has 2 amide bonds. The fraction of sp³-hybridized carbons (Fsp3) is 0.529. The minimum absolute atomic E-state index is 0.0553. The quantitative estimate of drug-likeness (QED) is 0.825. The van der Waals surface area contributed by atoms with Crippen LogP contribution in [0, 0.1) is 0 Å². The molecule has 0 unspecified atom stereocenters. The topological polar surface area (TPSA) is 61.9 Å². The van der Waals surface area contributed by atoms with Crippen molar-refractivity contribution in [2.45, 2.75) is 19.3 Å². The van der Waals surface area contributed by atoms with Gasteiger partial charge >= 0.3 is 0 Å². The Hall–Kier alpha value is -1.79. The number of halogens is 1. The van der Waals surface area contributed by atoms with Gasteiger partial charge in [-0.2, -0.15) is 0 Å². The maximum absolute atomic E-state index is 12.3. The number of nitrogens with zero attached hydrogens (tertiary/aromatic N) is 2. The van der Waals surface area contributed by atoms with Crippen LogP contribution in [-0.4, -0.2) is 55.4 Å². The molecular formula is C17H22ClN3O3. The summed E-state index contributed by atoms with van der Waals surface area (Å²) in [4.78, 5) is 27.9. The number of likely N-dealkylation sites (tertiary alicyclic amines) is 1. The Labute approximate surface area is 146 Å². The third-order valence-corrected chi connectivity index (χ3v) is 4.64. The third kappa shape index (κ3) is 3.99. The first-order chi connectivity index (χ1) is 11.7. The van der Waals surface area contributed by atoms with E-state index in [-0.39, 0.29) is 24.3 Å². The lowest BCUT2D eigenvalue weighted by atomic mass is 10.1. The van der Waals surface area contributed by atoms with E-state index < -0.39 is 0 Å². The molecule has 0 saturated carbocycles. The molecule has 1 fully saturated rings. The van der Waals surface area contributed by atoms with Crippen molar-refractivity contribution in [3.63, 3.8) is 0 Å². The smallest absolute Gasteiger partial charge is 0.265 e. The van der Waals surface area contributed by atoms with Gasteiger partial charge in [-0.25, -0.2) is 0 Å². The fourth-order valence-electron chi connectivity index (χ4n) is 3.14. The zero-order valence-corrected chi connectivity index (χ0v) is 14.3. The molecule has 2 heterocycles. The van der Waals surface area contributed by atoms with Crippen LogP contribution >= 0.6 is 11.6 Å². The van der Waals surface area contributed by atoms with Crippen LogP contribution in [0.25, 0.3) is 0 Å². The zero-order chi connectivity index (χ0) is 16.9. The lowest BCUT2D eigenvalue weighted by molar-refractivity contribution is -0.121. The molecule has 130 valence electrons. The van der Waals surface area contributed by atoms with E-state index in [1.807, 2.05) is 0 Å². The number of amides is 2. The van der Waals surface area contributed by atoms with Crippen molar-refractivity contribution in [1.29, 1.82) is 0 Å². The van der Waals surface area contributed by atoms with E-state index in [1.165, 1.54) is 19.3 Å². The molecular weight excluding hydrogens is 330 g/mol. The molecule has 0 bridgehead atoms. The Morgan fingerprint density at radius 2 is 2.00 bits per heavy atom. The number of hydrogen-bond donors (Lipinski definition) is 1. The second kappa shape index (κ2) is 7.85. The van der Waals surface area contributed by atoms with Crippen molar-refractivity contribution >= 4 is 34.8 Å². The van der Waals surface area contributed by atoms with Crippen LogP contribution < -0.4 is 15.0 Å². The van der Waals surface area contributed by atoms with Crippen LogP contribution in [0.2, 0.25) is 0 Å². The van der Waals surface area contributed by atoms with Crippen molar-refractivity contribution < 1.29 is 14.3 Å². The lowest BCUT2D eigenvalue weighted by Crippen LogP contribution is -2.44. The van der Waals surface area contributed by atoms with E-state index in [9.17, 15) is 9.59 Å². The maximum Gasteiger partial charge on any atom is 0.265 e. The molecule has 0 aliphatic carbocycles. The Morgan fingerprint density at radius 3 is 2.75 bits per heavy atom. The first-order valence-electron chi connectivity index (χ1n) is 8.33. The molecule has 0 radical (unpaired) electrons. The molecule has 0 atom stereocenters. The minimum atomic E-state index is -0.278. The number of nitrogens with one attached hydrogen (secondary N) is 1. The summed E-state index contributed by atoms with van der Waals surface area (Å²) in [6.45, 7) is 3.72. The highest BCUT2D eigenvalue weighted by Gasteiger charge is 2.26. The molecule has 1 saturated heterocycles. The van der Waals surface area contributed by atoms with Crippen LogP contribution in [0.1, 0.15) is 19.3 Å². The summed E-state index contributed by atoms with van der Waals surface area (Å²) in [5.74, 6) is 0.225. The van der Waals surface area contributed by atoms with Gasteiger partial charge in [0.1, 0.15) is 11.6 Å². The van der Waals surface area contributed by atoms with Crippen LogP contribution in [0.5, 0.6) is 5.75 Å². The number of piperidine rings is 1. The van der Waals surface area contributed by atoms with E-state index >= 15 is 0 Å². The highest BCUT2D eigenvalue weighted by Crippen LogP contribution is 2.34. The molecule has 0 aromatic heterocycles. The highest BCUT2D eigenvalue weighted by atomic mass is 35.5. The summed E-state index contributed by atoms with van der Waals surface area (Å²) >= 11 is 5.53. The van der Waals surface area contributed by atoms with Crippen LogP contribution in [0.15, 0.2) is 18.2 Å². The number of anilines is 2. The van der Waals surface area contributed by atoms with Crippen molar-refractivity contribution in [3.8, 4) is 5.75 Å². The van der Waals surface area contributed by atoms with Gasteiger partial charge in [0.15, 0.2) is 6.61 Å². The Morgan fingerprint density at radius 1 is 1.21 bits per heavy atom. The van der Waals surface area contributed by atoms with Crippen molar-refractivity contribution in [2.24, 2.45) is 0 Å². The van der Waals surface area contributed by atoms with Crippen LogP contribution in [0.4, 0.5) is 11.4 Å². The first kappa shape index (κ1) is 17.0. The predicted octanol–water partition coefficient (Wildman–Crippen LogP) is 2.08. The molecule has 1 N–H and O–H groups in total. The highest BCUT2D eigenvalue weighted by molar-refractivity contribution is 6.29. The number of ether oxygens (including phenoxy) is 1. The number of fused-ring (bicyclic) bond motifs is 1. The van der Waals surface area contributed by atoms with Gasteiger partial charge in [-0.3, -0.25) is 9.59 Å². The second-order valence-electron chi connectivity index (χ2n) is 6.10. The maximum atomic E-state index is 12.3. The molecule has 1 aromatic rings. The molecule has 2 aliphatic rings. The summed E-state index contributed by atoms with van der Waals surface area (Å²) in [7, 11) is 0. The summed E-state index contributed by atoms with van der Waals surface area (Å²) in [6, 6.07) is 5.30. The average Bonchev–Trinajstić information content (AvgIpc) is 2.61. The summed E-state index contributed by atoms with van der Waals surface area (Å²) in [6.07, 6.45) is 3.74. The Kier molecular flexibility index (Phi) is 5.58. The van der Waals surface area contributed by atoms with Gasteiger partial charge in [0.05, 0.1) is 5.69 Å². The predicted molar refractivity (Wildman–Crippen MR) is 93.9 cm³/mol. The summed E-state index contributed by atoms with van der Waals surface area (Å²) < 4.78 is 5.50. The first-order valence-corrected chi connectivity index (χ1v) is 8.86. The van der Waals surface area contributed by atoms with Gasteiger partial charge < -0.3 is 19.9 Å². The molecule has 2 aliphatic heterocycles. The summed E-state index contributed by atoms with van der Waals surface area (Å²) in [5, 5.41) is 2.71. The molecule has 6 nitrogen and oxygen atoms in total. The van der Waals surface area contributed by atoms with Gasteiger partial charge in [-0.15, -0.1) is 11.6 Å². The Balaban J connectivity index is 1.73. The molecule has 7 heteroatoms. The van der Waals surface area contributed by atoms with Crippen LogP contribution in [0.3, 0.4) is 0 Å².